The van der Waals surface area contributed by atoms with E-state index in [1.165, 1.54) is 5.38 Å². The summed E-state index contributed by atoms with van der Waals surface area (Å²) < 4.78 is 26.4. The average Bonchev–Trinajstić information content (AvgIpc) is 2.44. The summed E-state index contributed by atoms with van der Waals surface area (Å²) in [6.45, 7) is 0. The Kier molecular flexibility index (Phi) is 3.41. The lowest BCUT2D eigenvalue weighted by Gasteiger charge is -1.98. The molecule has 0 bridgehead atoms. The molecule has 0 unspecified atom stereocenters. The second-order valence-corrected chi connectivity index (χ2v) is 6.17. The first-order valence-electron chi connectivity index (χ1n) is 3.18. The number of hydrogen-bond acceptors (Lipinski definition) is 5. The van der Waals surface area contributed by atoms with E-state index in [1.807, 2.05) is 0 Å². The summed E-state index contributed by atoms with van der Waals surface area (Å²) in [6, 6.07) is 0. The molecular formula is C6H4Cl2O4S2. The van der Waals surface area contributed by atoms with Crippen LogP contribution in [0, 0.1) is 0 Å². The van der Waals surface area contributed by atoms with Gasteiger partial charge in [0.1, 0.15) is 9.23 Å². The number of carbonyl (C=O) groups is 1. The molecule has 0 aliphatic carbocycles. The highest BCUT2D eigenvalue weighted by Gasteiger charge is 2.26. The Labute approximate surface area is 93.8 Å². The number of methoxy groups -OCH3 is 1. The third kappa shape index (κ3) is 2.20. The number of ether oxygens (including phenoxy) is 1. The van der Waals surface area contributed by atoms with Crippen molar-refractivity contribution in [2.24, 2.45) is 0 Å². The van der Waals surface area contributed by atoms with Crippen LogP contribution >= 0.6 is 33.6 Å². The first-order valence-corrected chi connectivity index (χ1v) is 6.74. The Hall–Kier alpha value is -0.300. The van der Waals surface area contributed by atoms with Gasteiger partial charge in [0.05, 0.1) is 12.7 Å². The lowest BCUT2D eigenvalue weighted by Crippen LogP contribution is -2.04. The van der Waals surface area contributed by atoms with Gasteiger partial charge in [0.15, 0.2) is 0 Å². The maximum absolute atomic E-state index is 11.1. The predicted molar refractivity (Wildman–Crippen MR) is 53.7 cm³/mol. The molecule has 1 aromatic heterocycles. The van der Waals surface area contributed by atoms with E-state index in [-0.39, 0.29) is 9.90 Å². The number of carbonyl (C=O) groups excluding carboxylic acids is 1. The highest BCUT2D eigenvalue weighted by atomic mass is 35.7. The van der Waals surface area contributed by atoms with Gasteiger partial charge in [-0.3, -0.25) is 0 Å². The Balaban J connectivity index is 3.42. The van der Waals surface area contributed by atoms with E-state index in [0.717, 1.165) is 18.4 Å². The van der Waals surface area contributed by atoms with Crippen molar-refractivity contribution in [1.29, 1.82) is 0 Å². The fourth-order valence-corrected chi connectivity index (χ4v) is 3.88. The van der Waals surface area contributed by atoms with Gasteiger partial charge in [0.25, 0.3) is 9.05 Å². The smallest absolute Gasteiger partial charge is 0.340 e. The van der Waals surface area contributed by atoms with Crippen molar-refractivity contribution in [3.8, 4) is 0 Å². The van der Waals surface area contributed by atoms with Crippen LogP contribution in [-0.2, 0) is 13.8 Å². The number of rotatable bonds is 2. The van der Waals surface area contributed by atoms with Crippen LogP contribution in [0.15, 0.2) is 10.3 Å². The normalized spacial score (nSPS) is 11.4. The van der Waals surface area contributed by atoms with E-state index in [9.17, 15) is 13.2 Å². The first-order chi connectivity index (χ1) is 6.38. The third-order valence-corrected chi connectivity index (χ3v) is 4.19. The second kappa shape index (κ2) is 4.06. The minimum absolute atomic E-state index is 0.0552. The summed E-state index contributed by atoms with van der Waals surface area (Å²) in [7, 11) is 2.21. The van der Waals surface area contributed by atoms with Crippen LogP contribution in [0.25, 0.3) is 0 Å². The van der Waals surface area contributed by atoms with Gasteiger partial charge >= 0.3 is 5.97 Å². The Morgan fingerprint density at radius 1 is 1.57 bits per heavy atom. The van der Waals surface area contributed by atoms with Gasteiger partial charge in [-0.2, -0.15) is 0 Å². The summed E-state index contributed by atoms with van der Waals surface area (Å²) >= 11 is 6.48. The van der Waals surface area contributed by atoms with Crippen LogP contribution in [0.2, 0.25) is 4.34 Å². The van der Waals surface area contributed by atoms with E-state index in [2.05, 4.69) is 4.74 Å². The number of hydrogen-bond donors (Lipinski definition) is 0. The minimum Gasteiger partial charge on any atom is -0.465 e. The highest BCUT2D eigenvalue weighted by Crippen LogP contribution is 2.34. The zero-order valence-corrected chi connectivity index (χ0v) is 9.93. The lowest BCUT2D eigenvalue weighted by molar-refractivity contribution is 0.0597. The average molecular weight is 275 g/mol. The van der Waals surface area contributed by atoms with Crippen molar-refractivity contribution in [2.45, 2.75) is 4.90 Å². The maximum atomic E-state index is 11.1. The van der Waals surface area contributed by atoms with Crippen LogP contribution in [-0.4, -0.2) is 21.5 Å². The molecule has 0 atom stereocenters. The molecule has 0 fully saturated rings. The van der Waals surface area contributed by atoms with Gasteiger partial charge in [0.2, 0.25) is 0 Å². The maximum Gasteiger partial charge on any atom is 0.340 e. The molecular weight excluding hydrogens is 271 g/mol. The van der Waals surface area contributed by atoms with Crippen molar-refractivity contribution in [3.05, 3.63) is 15.3 Å². The largest absolute Gasteiger partial charge is 0.465 e. The van der Waals surface area contributed by atoms with Gasteiger partial charge in [-0.25, -0.2) is 13.2 Å². The molecule has 4 nitrogen and oxygen atoms in total. The molecule has 0 aliphatic heterocycles. The van der Waals surface area contributed by atoms with Crippen LogP contribution < -0.4 is 0 Å². The number of thiophene rings is 1. The minimum atomic E-state index is -4.03. The topological polar surface area (TPSA) is 60.4 Å². The lowest BCUT2D eigenvalue weighted by atomic mass is 10.3. The molecule has 0 N–H and O–H groups in total. The van der Waals surface area contributed by atoms with E-state index in [1.54, 1.807) is 0 Å². The summed E-state index contributed by atoms with van der Waals surface area (Å²) in [6.07, 6.45) is 0. The zero-order valence-electron chi connectivity index (χ0n) is 6.78. The monoisotopic (exact) mass is 274 g/mol. The second-order valence-electron chi connectivity index (χ2n) is 2.18. The number of esters is 1. The van der Waals surface area contributed by atoms with E-state index in [0.29, 0.717) is 0 Å². The third-order valence-electron chi connectivity index (χ3n) is 1.35. The molecule has 0 radical (unpaired) electrons. The Morgan fingerprint density at radius 2 is 2.14 bits per heavy atom. The van der Waals surface area contributed by atoms with Gasteiger partial charge in [-0.15, -0.1) is 11.3 Å². The predicted octanol–water partition coefficient (Wildman–Crippen LogP) is 2.12. The molecule has 1 rings (SSSR count). The quantitative estimate of drug-likeness (QED) is 0.612. The van der Waals surface area contributed by atoms with Crippen molar-refractivity contribution in [2.75, 3.05) is 7.11 Å². The molecule has 0 saturated carbocycles. The van der Waals surface area contributed by atoms with Crippen LogP contribution in [0.1, 0.15) is 10.4 Å². The molecule has 0 aliphatic rings. The van der Waals surface area contributed by atoms with Gasteiger partial charge in [0, 0.05) is 16.1 Å². The molecule has 1 aromatic rings. The summed E-state index contributed by atoms with van der Waals surface area (Å²) in [5.74, 6) is -0.785. The summed E-state index contributed by atoms with van der Waals surface area (Å²) in [5.41, 5.74) is -0.141. The molecule has 0 saturated heterocycles. The SMILES string of the molecule is COC(=O)c1csc(Cl)c1S(=O)(=O)Cl. The molecule has 14 heavy (non-hydrogen) atoms. The van der Waals surface area contributed by atoms with Crippen LogP contribution in [0.4, 0.5) is 0 Å². The van der Waals surface area contributed by atoms with Crippen molar-refractivity contribution < 1.29 is 17.9 Å². The highest BCUT2D eigenvalue weighted by molar-refractivity contribution is 8.14. The molecule has 0 spiro atoms. The van der Waals surface area contributed by atoms with Crippen molar-refractivity contribution >= 4 is 48.6 Å². The fourth-order valence-electron chi connectivity index (χ4n) is 0.802. The van der Waals surface area contributed by atoms with Crippen molar-refractivity contribution in [1.82, 2.24) is 0 Å². The molecule has 8 heteroatoms. The Bertz CT molecular complexity index is 462. The van der Waals surface area contributed by atoms with Crippen LogP contribution in [0.3, 0.4) is 0 Å². The zero-order chi connectivity index (χ0) is 10.9. The van der Waals surface area contributed by atoms with E-state index >= 15 is 0 Å². The van der Waals surface area contributed by atoms with E-state index < -0.39 is 19.9 Å². The van der Waals surface area contributed by atoms with Crippen LogP contribution in [0.5, 0.6) is 0 Å². The Morgan fingerprint density at radius 3 is 2.57 bits per heavy atom. The van der Waals surface area contributed by atoms with Gasteiger partial charge < -0.3 is 4.74 Å². The standard InChI is InChI=1S/C6H4Cl2O4S2/c1-12-6(9)3-2-13-5(7)4(3)14(8,10)11/h2H,1H3. The molecule has 0 aromatic carbocycles. The van der Waals surface area contributed by atoms with E-state index in [4.69, 9.17) is 22.3 Å². The first kappa shape index (κ1) is 11.8. The molecule has 1 heterocycles. The summed E-state index contributed by atoms with van der Waals surface area (Å²) in [4.78, 5) is 10.7. The van der Waals surface area contributed by atoms with Gasteiger partial charge in [-0.05, 0) is 0 Å². The van der Waals surface area contributed by atoms with Crippen molar-refractivity contribution in [3.63, 3.8) is 0 Å². The van der Waals surface area contributed by atoms with Gasteiger partial charge in [-0.1, -0.05) is 11.6 Å². The summed E-state index contributed by atoms with van der Waals surface area (Å²) in [5, 5.41) is 1.28. The fraction of sp³-hybridized carbons (Fsp3) is 0.167. The molecule has 0 amide bonds. The molecule has 78 valence electrons. The number of halogens is 2.